The third-order valence-corrected chi connectivity index (χ3v) is 5.38. The van der Waals surface area contributed by atoms with Gasteiger partial charge in [0.2, 0.25) is 0 Å². The molecule has 2 heterocycles. The Kier molecular flexibility index (Phi) is 5.16. The van der Waals surface area contributed by atoms with Crippen LogP contribution in [0.4, 0.5) is 0 Å². The molecule has 6 heteroatoms. The SMILES string of the molecule is COC(OC)[C@H](C(C)C)N1CC(c2cc(Cl)c3cnn(C)c3c2)C1. The number of nitrogens with zero attached hydrogens (tertiary/aromatic N) is 3. The maximum absolute atomic E-state index is 6.44. The van der Waals surface area contributed by atoms with Crippen molar-refractivity contribution in [1.82, 2.24) is 14.7 Å². The first-order valence-corrected chi connectivity index (χ1v) is 8.74. The van der Waals surface area contributed by atoms with Gasteiger partial charge in [0.25, 0.3) is 0 Å². The van der Waals surface area contributed by atoms with Crippen LogP contribution < -0.4 is 0 Å². The van der Waals surface area contributed by atoms with Crippen LogP contribution in [-0.4, -0.2) is 54.3 Å². The lowest BCUT2D eigenvalue weighted by Gasteiger charge is -2.48. The summed E-state index contributed by atoms with van der Waals surface area (Å²) in [5.74, 6) is 0.941. The largest absolute Gasteiger partial charge is 0.354 e. The molecule has 1 fully saturated rings. The second kappa shape index (κ2) is 7.00. The lowest BCUT2D eigenvalue weighted by molar-refractivity contribution is -0.168. The average molecular weight is 352 g/mol. The third kappa shape index (κ3) is 3.06. The maximum Gasteiger partial charge on any atom is 0.172 e. The molecule has 1 atom stereocenters. The van der Waals surface area contributed by atoms with Crippen LogP contribution in [0.1, 0.15) is 25.3 Å². The fraction of sp³-hybridized carbons (Fsp3) is 0.611. The Morgan fingerprint density at radius 3 is 2.46 bits per heavy atom. The Bertz CT molecular complexity index is 706. The van der Waals surface area contributed by atoms with Crippen molar-refractivity contribution in [1.29, 1.82) is 0 Å². The summed E-state index contributed by atoms with van der Waals surface area (Å²) < 4.78 is 12.9. The number of benzene rings is 1. The highest BCUT2D eigenvalue weighted by Gasteiger charge is 2.39. The molecule has 1 aliphatic rings. The summed E-state index contributed by atoms with van der Waals surface area (Å²) in [6.07, 6.45) is 1.62. The highest BCUT2D eigenvalue weighted by atomic mass is 35.5. The molecule has 1 saturated heterocycles. The molecule has 0 aliphatic carbocycles. The van der Waals surface area contributed by atoms with Crippen LogP contribution in [0.5, 0.6) is 0 Å². The molecule has 0 bridgehead atoms. The minimum Gasteiger partial charge on any atom is -0.354 e. The number of halogens is 1. The molecular weight excluding hydrogens is 326 g/mol. The number of ether oxygens (including phenoxy) is 2. The van der Waals surface area contributed by atoms with Crippen molar-refractivity contribution >= 4 is 22.5 Å². The predicted octanol–water partition coefficient (Wildman–Crippen LogP) is 3.27. The van der Waals surface area contributed by atoms with E-state index in [0.717, 1.165) is 29.0 Å². The van der Waals surface area contributed by atoms with Crippen LogP contribution in [0, 0.1) is 5.92 Å². The van der Waals surface area contributed by atoms with E-state index >= 15 is 0 Å². The van der Waals surface area contributed by atoms with Gasteiger partial charge in [-0.15, -0.1) is 0 Å². The van der Waals surface area contributed by atoms with Crippen molar-refractivity contribution in [3.8, 4) is 0 Å². The summed E-state index contributed by atoms with van der Waals surface area (Å²) in [7, 11) is 5.36. The molecule has 5 nitrogen and oxygen atoms in total. The summed E-state index contributed by atoms with van der Waals surface area (Å²) >= 11 is 6.44. The zero-order valence-electron chi connectivity index (χ0n) is 15.0. The molecule has 0 N–H and O–H groups in total. The normalized spacial score (nSPS) is 17.8. The van der Waals surface area contributed by atoms with Crippen molar-refractivity contribution in [3.63, 3.8) is 0 Å². The highest BCUT2D eigenvalue weighted by Crippen LogP contribution is 2.36. The van der Waals surface area contributed by atoms with Gasteiger partial charge in [-0.25, -0.2) is 0 Å². The number of hydrogen-bond donors (Lipinski definition) is 0. The lowest BCUT2D eigenvalue weighted by Crippen LogP contribution is -2.57. The van der Waals surface area contributed by atoms with Crippen LogP contribution in [0.3, 0.4) is 0 Å². The first-order valence-electron chi connectivity index (χ1n) is 8.37. The minimum atomic E-state index is -0.200. The Hall–Kier alpha value is -1.14. The number of likely N-dealkylation sites (tertiary alicyclic amines) is 1. The second-order valence-corrected chi connectivity index (χ2v) is 7.34. The van der Waals surface area contributed by atoms with Crippen molar-refractivity contribution in [3.05, 3.63) is 28.9 Å². The highest BCUT2D eigenvalue weighted by molar-refractivity contribution is 6.35. The summed E-state index contributed by atoms with van der Waals surface area (Å²) in [5.41, 5.74) is 2.37. The molecule has 1 aromatic heterocycles. The molecule has 132 valence electrons. The molecule has 2 aromatic rings. The average Bonchev–Trinajstić information content (AvgIpc) is 2.87. The van der Waals surface area contributed by atoms with Gasteiger partial charge in [0.05, 0.1) is 22.8 Å². The molecule has 1 aromatic carbocycles. The standard InChI is InChI=1S/C18H26ClN3O2/c1-11(2)17(18(23-4)24-5)22-9-13(10-22)12-6-15(19)14-8-20-21(3)16(14)7-12/h6-8,11,13,17-18H,9-10H2,1-5H3/t17-/m0/s1. The molecule has 0 spiro atoms. The van der Waals surface area contributed by atoms with Gasteiger partial charge in [-0.1, -0.05) is 25.4 Å². The van der Waals surface area contributed by atoms with Gasteiger partial charge in [0.15, 0.2) is 6.29 Å². The van der Waals surface area contributed by atoms with Crippen molar-refractivity contribution in [2.45, 2.75) is 32.1 Å². The Balaban J connectivity index is 1.77. The van der Waals surface area contributed by atoms with Crippen LogP contribution in [-0.2, 0) is 16.5 Å². The fourth-order valence-electron chi connectivity index (χ4n) is 3.71. The molecule has 0 unspecified atom stereocenters. The number of aryl methyl sites for hydroxylation is 1. The predicted molar refractivity (Wildman–Crippen MR) is 96.5 cm³/mol. The number of aromatic nitrogens is 2. The minimum absolute atomic E-state index is 0.200. The van der Waals surface area contributed by atoms with Gasteiger partial charge in [0.1, 0.15) is 0 Å². The Labute approximate surface area is 148 Å². The maximum atomic E-state index is 6.44. The van der Waals surface area contributed by atoms with E-state index < -0.39 is 0 Å². The summed E-state index contributed by atoms with van der Waals surface area (Å²) in [6.45, 7) is 6.40. The molecule has 0 amide bonds. The zero-order chi connectivity index (χ0) is 17.4. The quantitative estimate of drug-likeness (QED) is 0.749. The molecule has 0 radical (unpaired) electrons. The number of hydrogen-bond acceptors (Lipinski definition) is 4. The van der Waals surface area contributed by atoms with E-state index in [9.17, 15) is 0 Å². The van der Waals surface area contributed by atoms with Gasteiger partial charge in [-0.05, 0) is 23.6 Å². The van der Waals surface area contributed by atoms with Gasteiger partial charge in [-0.3, -0.25) is 9.58 Å². The number of methoxy groups -OCH3 is 2. The first-order chi connectivity index (χ1) is 11.5. The molecule has 24 heavy (non-hydrogen) atoms. The molecular formula is C18H26ClN3O2. The molecule has 1 aliphatic heterocycles. The first kappa shape index (κ1) is 17.7. The zero-order valence-corrected chi connectivity index (χ0v) is 15.7. The van der Waals surface area contributed by atoms with E-state index in [0.29, 0.717) is 11.8 Å². The van der Waals surface area contributed by atoms with Crippen LogP contribution in [0.15, 0.2) is 18.3 Å². The van der Waals surface area contributed by atoms with E-state index in [1.807, 2.05) is 17.9 Å². The molecule has 0 saturated carbocycles. The lowest BCUT2D eigenvalue weighted by atomic mass is 9.87. The van der Waals surface area contributed by atoms with E-state index in [1.54, 1.807) is 14.2 Å². The van der Waals surface area contributed by atoms with E-state index in [-0.39, 0.29) is 12.3 Å². The van der Waals surface area contributed by atoms with Gasteiger partial charge in [0, 0.05) is 45.7 Å². The van der Waals surface area contributed by atoms with E-state index in [1.165, 1.54) is 5.56 Å². The van der Waals surface area contributed by atoms with Crippen LogP contribution in [0.2, 0.25) is 5.02 Å². The van der Waals surface area contributed by atoms with E-state index in [2.05, 4.69) is 36.0 Å². The van der Waals surface area contributed by atoms with Gasteiger partial charge in [-0.2, -0.15) is 5.10 Å². The van der Waals surface area contributed by atoms with Crippen molar-refractivity contribution in [2.24, 2.45) is 13.0 Å². The summed E-state index contributed by atoms with van der Waals surface area (Å²) in [4.78, 5) is 2.44. The van der Waals surface area contributed by atoms with Crippen molar-refractivity contribution in [2.75, 3.05) is 27.3 Å². The Morgan fingerprint density at radius 1 is 1.21 bits per heavy atom. The fourth-order valence-corrected chi connectivity index (χ4v) is 3.98. The number of rotatable bonds is 6. The van der Waals surface area contributed by atoms with Gasteiger partial charge >= 0.3 is 0 Å². The van der Waals surface area contributed by atoms with Gasteiger partial charge < -0.3 is 9.47 Å². The third-order valence-electron chi connectivity index (χ3n) is 5.07. The monoisotopic (exact) mass is 351 g/mol. The number of fused-ring (bicyclic) bond motifs is 1. The van der Waals surface area contributed by atoms with E-state index in [4.69, 9.17) is 21.1 Å². The Morgan fingerprint density at radius 2 is 1.88 bits per heavy atom. The molecule has 3 rings (SSSR count). The summed E-state index contributed by atoms with van der Waals surface area (Å²) in [6, 6.07) is 4.56. The topological polar surface area (TPSA) is 39.5 Å². The van der Waals surface area contributed by atoms with Crippen LogP contribution in [0.25, 0.3) is 10.9 Å². The summed E-state index contributed by atoms with van der Waals surface area (Å²) in [5, 5.41) is 6.09. The second-order valence-electron chi connectivity index (χ2n) is 6.93. The van der Waals surface area contributed by atoms with Crippen LogP contribution >= 0.6 is 11.6 Å². The smallest absolute Gasteiger partial charge is 0.172 e. The van der Waals surface area contributed by atoms with Crippen molar-refractivity contribution < 1.29 is 9.47 Å².